The van der Waals surface area contributed by atoms with Crippen molar-refractivity contribution >= 4 is 17.5 Å². The van der Waals surface area contributed by atoms with Crippen molar-refractivity contribution in [2.45, 2.75) is 12.3 Å². The number of primary amides is 1. The van der Waals surface area contributed by atoms with Gasteiger partial charge >= 0.3 is 0 Å². The Balaban J connectivity index is 1.93. The van der Waals surface area contributed by atoms with Crippen LogP contribution in [-0.4, -0.2) is 5.91 Å². The molecule has 0 radical (unpaired) electrons. The third-order valence-electron chi connectivity index (χ3n) is 2.87. The van der Waals surface area contributed by atoms with Crippen LogP contribution in [-0.2, 0) is 4.79 Å². The Morgan fingerprint density at radius 2 is 2.12 bits per heavy atom. The van der Waals surface area contributed by atoms with Crippen molar-refractivity contribution in [3.8, 4) is 0 Å². The van der Waals surface area contributed by atoms with E-state index in [4.69, 9.17) is 17.3 Å². The summed E-state index contributed by atoms with van der Waals surface area (Å²) in [5.41, 5.74) is 6.20. The molecule has 1 aliphatic carbocycles. The first-order valence-electron chi connectivity index (χ1n) is 5.57. The molecule has 0 aromatic heterocycles. The SMILES string of the molecule is NC(=O)C=CC=C[C@@H]1C[C@H]1c1ccccc1Cl. The third-order valence-corrected chi connectivity index (χ3v) is 3.22. The van der Waals surface area contributed by atoms with E-state index in [1.807, 2.05) is 24.3 Å². The largest absolute Gasteiger partial charge is 0.366 e. The summed E-state index contributed by atoms with van der Waals surface area (Å²) in [5.74, 6) is 0.613. The highest BCUT2D eigenvalue weighted by molar-refractivity contribution is 6.31. The Hall–Kier alpha value is -1.54. The normalized spacial score (nSPS) is 23.4. The molecule has 2 nitrogen and oxygen atoms in total. The Morgan fingerprint density at radius 3 is 2.82 bits per heavy atom. The van der Waals surface area contributed by atoms with Crippen molar-refractivity contribution in [3.63, 3.8) is 0 Å². The van der Waals surface area contributed by atoms with Gasteiger partial charge in [0.2, 0.25) is 5.91 Å². The smallest absolute Gasteiger partial charge is 0.241 e. The summed E-state index contributed by atoms with van der Waals surface area (Å²) in [6.45, 7) is 0. The first-order chi connectivity index (χ1) is 8.18. The van der Waals surface area contributed by atoms with E-state index >= 15 is 0 Å². The van der Waals surface area contributed by atoms with Crippen molar-refractivity contribution < 1.29 is 4.79 Å². The Bertz CT molecular complexity index is 479. The lowest BCUT2D eigenvalue weighted by Gasteiger charge is -2.00. The van der Waals surface area contributed by atoms with Crippen molar-refractivity contribution in [1.29, 1.82) is 0 Å². The summed E-state index contributed by atoms with van der Waals surface area (Å²) in [4.78, 5) is 10.5. The van der Waals surface area contributed by atoms with Gasteiger partial charge in [-0.05, 0) is 29.9 Å². The van der Waals surface area contributed by atoms with E-state index in [1.54, 1.807) is 6.08 Å². The van der Waals surface area contributed by atoms with Gasteiger partial charge < -0.3 is 5.73 Å². The quantitative estimate of drug-likeness (QED) is 0.645. The number of benzene rings is 1. The number of rotatable bonds is 4. The molecule has 0 heterocycles. The van der Waals surface area contributed by atoms with Gasteiger partial charge in [-0.2, -0.15) is 0 Å². The average Bonchev–Trinajstić information content (AvgIpc) is 3.04. The molecule has 1 aliphatic rings. The minimum absolute atomic E-state index is 0.423. The van der Waals surface area contributed by atoms with Gasteiger partial charge in [0.1, 0.15) is 0 Å². The van der Waals surface area contributed by atoms with Gasteiger partial charge in [-0.3, -0.25) is 4.79 Å². The highest BCUT2D eigenvalue weighted by Crippen LogP contribution is 2.50. The van der Waals surface area contributed by atoms with Gasteiger partial charge in [-0.15, -0.1) is 0 Å². The lowest BCUT2D eigenvalue weighted by atomic mass is 10.1. The Labute approximate surface area is 106 Å². The number of carbonyl (C=O) groups is 1. The lowest BCUT2D eigenvalue weighted by molar-refractivity contribution is -0.113. The van der Waals surface area contributed by atoms with Crippen molar-refractivity contribution in [2.75, 3.05) is 0 Å². The highest BCUT2D eigenvalue weighted by atomic mass is 35.5. The van der Waals surface area contributed by atoms with Crippen LogP contribution in [0.2, 0.25) is 5.02 Å². The molecule has 1 amide bonds. The fourth-order valence-electron chi connectivity index (χ4n) is 1.92. The second-order valence-electron chi connectivity index (χ2n) is 4.17. The molecule has 0 aliphatic heterocycles. The Morgan fingerprint density at radius 1 is 1.35 bits per heavy atom. The molecule has 0 spiro atoms. The summed E-state index contributed by atoms with van der Waals surface area (Å²) < 4.78 is 0. The number of allylic oxidation sites excluding steroid dienone is 3. The average molecular weight is 248 g/mol. The van der Waals surface area contributed by atoms with E-state index in [2.05, 4.69) is 12.1 Å². The number of carbonyl (C=O) groups excluding carboxylic acids is 1. The van der Waals surface area contributed by atoms with E-state index < -0.39 is 5.91 Å². The first-order valence-corrected chi connectivity index (χ1v) is 5.95. The van der Waals surface area contributed by atoms with Crippen LogP contribution in [0.3, 0.4) is 0 Å². The molecule has 2 rings (SSSR count). The Kier molecular flexibility index (Phi) is 3.64. The summed E-state index contributed by atoms with van der Waals surface area (Å²) >= 11 is 6.13. The lowest BCUT2D eigenvalue weighted by Crippen LogP contribution is -2.04. The van der Waals surface area contributed by atoms with Crippen LogP contribution in [0.1, 0.15) is 17.9 Å². The molecule has 88 valence electrons. The van der Waals surface area contributed by atoms with E-state index in [0.717, 1.165) is 11.4 Å². The number of nitrogens with two attached hydrogens (primary N) is 1. The van der Waals surface area contributed by atoms with E-state index in [0.29, 0.717) is 11.8 Å². The van der Waals surface area contributed by atoms with Gasteiger partial charge in [0.05, 0.1) is 0 Å². The highest BCUT2D eigenvalue weighted by Gasteiger charge is 2.36. The third kappa shape index (κ3) is 3.21. The summed E-state index contributed by atoms with van der Waals surface area (Å²) in [6, 6.07) is 7.94. The van der Waals surface area contributed by atoms with Crippen LogP contribution in [0.5, 0.6) is 0 Å². The molecule has 2 N–H and O–H groups in total. The maximum absolute atomic E-state index is 10.5. The second-order valence-corrected chi connectivity index (χ2v) is 4.58. The monoisotopic (exact) mass is 247 g/mol. The topological polar surface area (TPSA) is 43.1 Å². The second kappa shape index (κ2) is 5.19. The zero-order valence-electron chi connectivity index (χ0n) is 9.34. The molecule has 3 heteroatoms. The summed E-state index contributed by atoms with van der Waals surface area (Å²) in [7, 11) is 0. The fraction of sp³-hybridized carbons (Fsp3) is 0.214. The maximum Gasteiger partial charge on any atom is 0.241 e. The van der Waals surface area contributed by atoms with Gasteiger partial charge in [0.15, 0.2) is 0 Å². The van der Waals surface area contributed by atoms with Gasteiger partial charge in [-0.1, -0.05) is 48.0 Å². The molecule has 17 heavy (non-hydrogen) atoms. The van der Waals surface area contributed by atoms with E-state index in [1.165, 1.54) is 11.6 Å². The summed E-state index contributed by atoms with van der Waals surface area (Å²) in [5, 5.41) is 0.834. The van der Waals surface area contributed by atoms with Crippen molar-refractivity contribution in [1.82, 2.24) is 0 Å². The van der Waals surface area contributed by atoms with Crippen LogP contribution in [0.25, 0.3) is 0 Å². The molecule has 0 bridgehead atoms. The number of amides is 1. The molecule has 0 saturated heterocycles. The molecule has 0 unspecified atom stereocenters. The maximum atomic E-state index is 10.5. The molecule has 1 aromatic rings. The minimum atomic E-state index is -0.423. The van der Waals surface area contributed by atoms with E-state index in [9.17, 15) is 4.79 Å². The number of hydrogen-bond donors (Lipinski definition) is 1. The van der Waals surface area contributed by atoms with Gasteiger partial charge in [-0.25, -0.2) is 0 Å². The van der Waals surface area contributed by atoms with Crippen LogP contribution < -0.4 is 5.73 Å². The predicted molar refractivity (Wildman–Crippen MR) is 69.8 cm³/mol. The summed E-state index contributed by atoms with van der Waals surface area (Å²) in [6.07, 6.45) is 8.10. The predicted octanol–water partition coefficient (Wildman–Crippen LogP) is 3.04. The van der Waals surface area contributed by atoms with Gasteiger partial charge in [0.25, 0.3) is 0 Å². The van der Waals surface area contributed by atoms with E-state index in [-0.39, 0.29) is 0 Å². The van der Waals surface area contributed by atoms with Crippen LogP contribution >= 0.6 is 11.6 Å². The molecule has 1 aromatic carbocycles. The standard InChI is InChI=1S/C14H14ClNO/c15-13-7-3-2-6-11(13)12-9-10(12)5-1-4-8-14(16)17/h1-8,10,12H,9H2,(H2,16,17)/t10-,12-/m1/s1. The van der Waals surface area contributed by atoms with Crippen LogP contribution in [0, 0.1) is 5.92 Å². The molecule has 1 saturated carbocycles. The van der Waals surface area contributed by atoms with Crippen molar-refractivity contribution in [3.05, 3.63) is 59.2 Å². The fourth-order valence-corrected chi connectivity index (χ4v) is 2.19. The minimum Gasteiger partial charge on any atom is -0.366 e. The molecule has 1 fully saturated rings. The first kappa shape index (κ1) is 11.9. The molecular formula is C14H14ClNO. The zero-order chi connectivity index (χ0) is 12.3. The zero-order valence-corrected chi connectivity index (χ0v) is 10.1. The number of halogens is 1. The molecule has 2 atom stereocenters. The van der Waals surface area contributed by atoms with Crippen molar-refractivity contribution in [2.24, 2.45) is 11.7 Å². The van der Waals surface area contributed by atoms with Crippen LogP contribution in [0.4, 0.5) is 0 Å². The molecular weight excluding hydrogens is 234 g/mol. The van der Waals surface area contributed by atoms with Gasteiger partial charge in [0, 0.05) is 11.1 Å². The number of hydrogen-bond acceptors (Lipinski definition) is 1. The van der Waals surface area contributed by atoms with Crippen LogP contribution in [0.15, 0.2) is 48.6 Å².